The van der Waals surface area contributed by atoms with E-state index in [0.29, 0.717) is 11.8 Å². The SMILES string of the molecule is CC(C)(C(=O)CCC12CC3CC(CC(C3)C1)C2)P(=O)(O)O. The van der Waals surface area contributed by atoms with Gasteiger partial charge in [0.15, 0.2) is 5.78 Å². The van der Waals surface area contributed by atoms with Crippen LogP contribution in [0, 0.1) is 23.2 Å². The maximum absolute atomic E-state index is 12.3. The molecule has 0 heterocycles. The first kappa shape index (κ1) is 15.7. The van der Waals surface area contributed by atoms with E-state index in [1.165, 1.54) is 52.4 Å². The summed E-state index contributed by atoms with van der Waals surface area (Å²) in [6.07, 6.45) is 9.00. The second-order valence-electron chi connectivity index (χ2n) is 8.44. The number of carbonyl (C=O) groups excluding carboxylic acids is 1. The second kappa shape index (κ2) is 4.91. The van der Waals surface area contributed by atoms with Crippen molar-refractivity contribution in [1.29, 1.82) is 0 Å². The molecular weight excluding hydrogens is 287 g/mol. The van der Waals surface area contributed by atoms with Crippen LogP contribution in [0.2, 0.25) is 0 Å². The average Bonchev–Trinajstić information content (AvgIpc) is 2.32. The molecule has 0 atom stereocenters. The van der Waals surface area contributed by atoms with Gasteiger partial charge in [0.2, 0.25) is 0 Å². The Labute approximate surface area is 126 Å². The molecule has 0 amide bonds. The van der Waals surface area contributed by atoms with Gasteiger partial charge in [-0.15, -0.1) is 0 Å². The monoisotopic (exact) mass is 314 g/mol. The standard InChI is InChI=1S/C16H27O4P/c1-15(2,21(18,19)20)14(17)3-4-16-8-11-5-12(9-16)7-13(6-11)10-16/h11-13H,3-10H2,1-2H3,(H2,18,19,20). The third-order valence-electron chi connectivity index (χ3n) is 6.46. The molecule has 0 unspecified atom stereocenters. The number of carbonyl (C=O) groups is 1. The topological polar surface area (TPSA) is 74.6 Å². The summed E-state index contributed by atoms with van der Waals surface area (Å²) in [6, 6.07) is 0. The summed E-state index contributed by atoms with van der Waals surface area (Å²) >= 11 is 0. The molecule has 0 aromatic rings. The van der Waals surface area contributed by atoms with Crippen LogP contribution in [0.1, 0.15) is 65.2 Å². The quantitative estimate of drug-likeness (QED) is 0.762. The number of ketones is 1. The van der Waals surface area contributed by atoms with Gasteiger partial charge in [-0.2, -0.15) is 0 Å². The third kappa shape index (κ3) is 2.75. The van der Waals surface area contributed by atoms with Gasteiger partial charge in [-0.1, -0.05) is 0 Å². The van der Waals surface area contributed by atoms with Crippen molar-refractivity contribution >= 4 is 13.4 Å². The summed E-state index contributed by atoms with van der Waals surface area (Å²) in [6.45, 7) is 2.77. The average molecular weight is 314 g/mol. The predicted molar refractivity (Wildman–Crippen MR) is 81.0 cm³/mol. The van der Waals surface area contributed by atoms with Crippen LogP contribution in [-0.4, -0.2) is 20.7 Å². The molecule has 0 aliphatic heterocycles. The first-order valence-corrected chi connectivity index (χ1v) is 9.81. The maximum atomic E-state index is 12.3. The number of hydrogen-bond donors (Lipinski definition) is 2. The summed E-state index contributed by atoms with van der Waals surface area (Å²) in [4.78, 5) is 31.0. The van der Waals surface area contributed by atoms with Crippen molar-refractivity contribution in [1.82, 2.24) is 0 Å². The van der Waals surface area contributed by atoms with E-state index in [0.717, 1.165) is 24.2 Å². The van der Waals surface area contributed by atoms with Crippen molar-refractivity contribution in [2.24, 2.45) is 23.2 Å². The highest BCUT2D eigenvalue weighted by atomic mass is 31.2. The van der Waals surface area contributed by atoms with Crippen LogP contribution >= 0.6 is 7.60 Å². The van der Waals surface area contributed by atoms with Crippen LogP contribution in [0.5, 0.6) is 0 Å². The van der Waals surface area contributed by atoms with Gasteiger partial charge in [0.05, 0.1) is 0 Å². The van der Waals surface area contributed by atoms with E-state index in [9.17, 15) is 19.1 Å². The summed E-state index contributed by atoms with van der Waals surface area (Å²) in [5.41, 5.74) is 0.301. The molecular formula is C16H27O4P. The molecule has 4 bridgehead atoms. The minimum Gasteiger partial charge on any atom is -0.324 e. The predicted octanol–water partition coefficient (Wildman–Crippen LogP) is 3.51. The molecule has 5 heteroatoms. The highest BCUT2D eigenvalue weighted by Gasteiger charge is 2.51. The number of hydrogen-bond acceptors (Lipinski definition) is 2. The first-order chi connectivity index (χ1) is 9.61. The molecule has 0 spiro atoms. The van der Waals surface area contributed by atoms with Crippen molar-refractivity contribution in [3.05, 3.63) is 0 Å². The zero-order valence-corrected chi connectivity index (χ0v) is 13.9. The molecule has 2 N–H and O–H groups in total. The maximum Gasteiger partial charge on any atom is 0.338 e. The Morgan fingerprint density at radius 2 is 1.52 bits per heavy atom. The minimum absolute atomic E-state index is 0.272. The van der Waals surface area contributed by atoms with Crippen molar-refractivity contribution in [3.63, 3.8) is 0 Å². The summed E-state index contributed by atoms with van der Waals surface area (Å²) in [7, 11) is -4.38. The van der Waals surface area contributed by atoms with Crippen molar-refractivity contribution in [2.45, 2.75) is 70.4 Å². The smallest absolute Gasteiger partial charge is 0.324 e. The van der Waals surface area contributed by atoms with E-state index >= 15 is 0 Å². The Bertz CT molecular complexity index is 455. The Hall–Kier alpha value is -0.180. The first-order valence-electron chi connectivity index (χ1n) is 8.20. The van der Waals surface area contributed by atoms with Gasteiger partial charge in [-0.3, -0.25) is 9.36 Å². The van der Waals surface area contributed by atoms with Crippen molar-refractivity contribution in [2.75, 3.05) is 0 Å². The van der Waals surface area contributed by atoms with Gasteiger partial charge in [-0.05, 0) is 82.0 Å². The fourth-order valence-corrected chi connectivity index (χ4v) is 5.88. The lowest BCUT2D eigenvalue weighted by Gasteiger charge is -2.57. The van der Waals surface area contributed by atoms with Crippen LogP contribution < -0.4 is 0 Å². The normalized spacial score (nSPS) is 38.8. The molecule has 0 radical (unpaired) electrons. The van der Waals surface area contributed by atoms with E-state index in [4.69, 9.17) is 0 Å². The van der Waals surface area contributed by atoms with E-state index in [1.54, 1.807) is 0 Å². The van der Waals surface area contributed by atoms with Gasteiger partial charge < -0.3 is 9.79 Å². The fraction of sp³-hybridized carbons (Fsp3) is 0.938. The highest BCUT2D eigenvalue weighted by Crippen LogP contribution is 2.62. The lowest BCUT2D eigenvalue weighted by atomic mass is 9.48. The Balaban J connectivity index is 1.66. The molecule has 4 aliphatic rings. The van der Waals surface area contributed by atoms with E-state index in [2.05, 4.69) is 0 Å². The largest absolute Gasteiger partial charge is 0.338 e. The lowest BCUT2D eigenvalue weighted by Crippen LogP contribution is -2.46. The van der Waals surface area contributed by atoms with E-state index in [-0.39, 0.29) is 5.78 Å². The summed E-state index contributed by atoms with van der Waals surface area (Å²) in [5, 5.41) is -1.53. The summed E-state index contributed by atoms with van der Waals surface area (Å²) in [5.74, 6) is 2.27. The molecule has 0 aromatic heterocycles. The van der Waals surface area contributed by atoms with Crippen LogP contribution in [-0.2, 0) is 9.36 Å². The summed E-state index contributed by atoms with van der Waals surface area (Å²) < 4.78 is 11.5. The minimum atomic E-state index is -4.38. The fourth-order valence-electron chi connectivity index (χ4n) is 5.44. The third-order valence-corrected chi connectivity index (χ3v) is 8.16. The van der Waals surface area contributed by atoms with Gasteiger partial charge in [-0.25, -0.2) is 0 Å². The Morgan fingerprint density at radius 3 is 1.90 bits per heavy atom. The van der Waals surface area contributed by atoms with Gasteiger partial charge in [0, 0.05) is 6.42 Å². The Kier molecular flexibility index (Phi) is 3.67. The van der Waals surface area contributed by atoms with Gasteiger partial charge >= 0.3 is 7.60 Å². The van der Waals surface area contributed by atoms with E-state index < -0.39 is 12.8 Å². The molecule has 4 aliphatic carbocycles. The molecule has 4 nitrogen and oxygen atoms in total. The second-order valence-corrected chi connectivity index (χ2v) is 10.6. The van der Waals surface area contributed by atoms with Crippen LogP contribution in [0.3, 0.4) is 0 Å². The lowest BCUT2D eigenvalue weighted by molar-refractivity contribution is -0.123. The van der Waals surface area contributed by atoms with Crippen LogP contribution in [0.4, 0.5) is 0 Å². The molecule has 0 saturated heterocycles. The van der Waals surface area contributed by atoms with Crippen molar-refractivity contribution in [3.8, 4) is 0 Å². The number of Topliss-reactive ketones (excluding diaryl/α,β-unsaturated/α-hetero) is 1. The zero-order chi connectivity index (χ0) is 15.5. The Morgan fingerprint density at radius 1 is 1.10 bits per heavy atom. The highest BCUT2D eigenvalue weighted by molar-refractivity contribution is 7.54. The zero-order valence-electron chi connectivity index (χ0n) is 13.0. The molecule has 0 aromatic carbocycles. The van der Waals surface area contributed by atoms with Crippen LogP contribution in [0.15, 0.2) is 0 Å². The number of rotatable bonds is 5. The molecule has 4 fully saturated rings. The molecule has 120 valence electrons. The van der Waals surface area contributed by atoms with Crippen LogP contribution in [0.25, 0.3) is 0 Å². The molecule has 4 saturated carbocycles. The van der Waals surface area contributed by atoms with Gasteiger partial charge in [0.25, 0.3) is 0 Å². The molecule has 4 rings (SSSR count). The van der Waals surface area contributed by atoms with Gasteiger partial charge in [0.1, 0.15) is 5.16 Å². The van der Waals surface area contributed by atoms with E-state index in [1.807, 2.05) is 0 Å². The van der Waals surface area contributed by atoms with Crippen molar-refractivity contribution < 1.29 is 19.1 Å². The molecule has 21 heavy (non-hydrogen) atoms.